The first kappa shape index (κ1) is 16.0. The molecule has 1 saturated heterocycles. The number of aromatic nitrogens is 1. The molecule has 0 radical (unpaired) electrons. The van der Waals surface area contributed by atoms with E-state index in [4.69, 9.17) is 18.0 Å². The lowest BCUT2D eigenvalue weighted by Gasteiger charge is -2.24. The maximum Gasteiger partial charge on any atom is 0.433 e. The van der Waals surface area contributed by atoms with Crippen LogP contribution in [0.2, 0.25) is 0 Å². The summed E-state index contributed by atoms with van der Waals surface area (Å²) in [6, 6.07) is 2.23. The predicted octanol–water partition coefficient (Wildman–Crippen LogP) is 1.88. The van der Waals surface area contributed by atoms with Gasteiger partial charge in [0.15, 0.2) is 0 Å². The number of halogens is 3. The Bertz CT molecular complexity index is 533. The molecular weight excluding hydrogens is 301 g/mol. The smallest absolute Gasteiger partial charge is 0.389 e. The highest BCUT2D eigenvalue weighted by atomic mass is 32.1. The summed E-state index contributed by atoms with van der Waals surface area (Å²) in [5.74, 6) is 0.229. The molecule has 21 heavy (non-hydrogen) atoms. The minimum atomic E-state index is -4.48. The maximum absolute atomic E-state index is 12.9. The first-order chi connectivity index (χ1) is 9.79. The second-order valence-corrected chi connectivity index (χ2v) is 5.51. The molecule has 0 unspecified atom stereocenters. The van der Waals surface area contributed by atoms with Crippen LogP contribution in [0.3, 0.4) is 0 Å². The summed E-state index contributed by atoms with van der Waals surface area (Å²) >= 11 is 4.93. The van der Waals surface area contributed by atoms with Crippen LogP contribution in [0, 0.1) is 0 Å². The fourth-order valence-electron chi connectivity index (χ4n) is 2.30. The van der Waals surface area contributed by atoms with Gasteiger partial charge in [-0.3, -0.25) is 0 Å². The fourth-order valence-corrected chi connectivity index (χ4v) is 2.46. The van der Waals surface area contributed by atoms with Crippen LogP contribution in [0.5, 0.6) is 0 Å². The molecule has 8 heteroatoms. The number of likely N-dealkylation sites (N-methyl/N-ethyl adjacent to an activating group) is 1. The van der Waals surface area contributed by atoms with Crippen molar-refractivity contribution in [3.8, 4) is 0 Å². The lowest BCUT2D eigenvalue weighted by atomic mass is 10.2. The van der Waals surface area contributed by atoms with Crippen molar-refractivity contribution < 1.29 is 13.2 Å². The van der Waals surface area contributed by atoms with E-state index in [0.29, 0.717) is 18.7 Å². The average molecular weight is 318 g/mol. The Morgan fingerprint density at radius 3 is 2.57 bits per heavy atom. The molecule has 2 rings (SSSR count). The van der Waals surface area contributed by atoms with Crippen molar-refractivity contribution in [1.29, 1.82) is 0 Å². The second-order valence-electron chi connectivity index (χ2n) is 5.07. The van der Waals surface area contributed by atoms with E-state index in [1.807, 2.05) is 11.9 Å². The van der Waals surface area contributed by atoms with E-state index in [-0.39, 0.29) is 10.8 Å². The van der Waals surface area contributed by atoms with E-state index in [1.165, 1.54) is 6.07 Å². The van der Waals surface area contributed by atoms with E-state index in [9.17, 15) is 13.2 Å². The number of nitrogens with two attached hydrogens (primary N) is 1. The predicted molar refractivity (Wildman–Crippen MR) is 79.5 cm³/mol. The van der Waals surface area contributed by atoms with Crippen LogP contribution in [0.15, 0.2) is 12.1 Å². The number of nitrogens with zero attached hydrogens (tertiary/aromatic N) is 3. The van der Waals surface area contributed by atoms with Crippen LogP contribution in [-0.4, -0.2) is 48.1 Å². The number of alkyl halides is 3. The largest absolute Gasteiger partial charge is 0.433 e. The Labute approximate surface area is 126 Å². The number of pyridine rings is 1. The summed E-state index contributed by atoms with van der Waals surface area (Å²) < 4.78 is 38.6. The first-order valence-electron chi connectivity index (χ1n) is 6.60. The molecule has 4 nitrogen and oxygen atoms in total. The highest BCUT2D eigenvalue weighted by Crippen LogP contribution is 2.30. The summed E-state index contributed by atoms with van der Waals surface area (Å²) in [4.78, 5) is 7.79. The van der Waals surface area contributed by atoms with Crippen LogP contribution in [-0.2, 0) is 6.18 Å². The van der Waals surface area contributed by atoms with Crippen LogP contribution in [0.25, 0.3) is 0 Å². The van der Waals surface area contributed by atoms with Crippen molar-refractivity contribution in [2.45, 2.75) is 12.6 Å². The minimum Gasteiger partial charge on any atom is -0.389 e. The number of anilines is 1. The Morgan fingerprint density at radius 1 is 1.24 bits per heavy atom. The van der Waals surface area contributed by atoms with Crippen molar-refractivity contribution in [2.75, 3.05) is 38.1 Å². The molecule has 1 aliphatic heterocycles. The van der Waals surface area contributed by atoms with Crippen molar-refractivity contribution in [3.05, 3.63) is 23.4 Å². The van der Waals surface area contributed by atoms with E-state index in [1.54, 1.807) is 0 Å². The van der Waals surface area contributed by atoms with Gasteiger partial charge in [0.25, 0.3) is 0 Å². The molecule has 116 valence electrons. The van der Waals surface area contributed by atoms with Gasteiger partial charge in [0, 0.05) is 19.6 Å². The summed E-state index contributed by atoms with van der Waals surface area (Å²) in [6.45, 7) is 2.89. The van der Waals surface area contributed by atoms with Gasteiger partial charge in [-0.1, -0.05) is 12.2 Å². The lowest BCUT2D eigenvalue weighted by molar-refractivity contribution is -0.141. The van der Waals surface area contributed by atoms with Crippen molar-refractivity contribution in [1.82, 2.24) is 9.88 Å². The molecule has 0 spiro atoms. The molecule has 0 aromatic carbocycles. The average Bonchev–Trinajstić information content (AvgIpc) is 2.61. The van der Waals surface area contributed by atoms with Crippen LogP contribution < -0.4 is 10.6 Å². The molecule has 2 N–H and O–H groups in total. The molecule has 0 aliphatic carbocycles. The van der Waals surface area contributed by atoms with Gasteiger partial charge in [-0.15, -0.1) is 0 Å². The number of rotatable bonds is 2. The normalized spacial score (nSPS) is 17.6. The van der Waals surface area contributed by atoms with Gasteiger partial charge in [0.2, 0.25) is 0 Å². The molecule has 1 aromatic heterocycles. The molecule has 2 heterocycles. The fraction of sp³-hybridized carbons (Fsp3) is 0.538. The van der Waals surface area contributed by atoms with Gasteiger partial charge in [-0.05, 0) is 32.1 Å². The van der Waals surface area contributed by atoms with Crippen LogP contribution in [0.4, 0.5) is 19.0 Å². The zero-order valence-electron chi connectivity index (χ0n) is 11.7. The molecule has 0 amide bonds. The summed E-state index contributed by atoms with van der Waals surface area (Å²) in [7, 11) is 1.98. The lowest BCUT2D eigenvalue weighted by Crippen LogP contribution is -2.32. The Hall–Kier alpha value is -1.41. The van der Waals surface area contributed by atoms with E-state index in [0.717, 1.165) is 25.6 Å². The molecule has 0 atom stereocenters. The van der Waals surface area contributed by atoms with E-state index in [2.05, 4.69) is 9.88 Å². The van der Waals surface area contributed by atoms with Gasteiger partial charge in [0.05, 0.1) is 5.56 Å². The van der Waals surface area contributed by atoms with Crippen molar-refractivity contribution >= 4 is 23.0 Å². The Balaban J connectivity index is 2.40. The monoisotopic (exact) mass is 318 g/mol. The van der Waals surface area contributed by atoms with E-state index < -0.39 is 11.9 Å². The molecule has 0 bridgehead atoms. The maximum atomic E-state index is 12.9. The highest BCUT2D eigenvalue weighted by Gasteiger charge is 2.34. The summed E-state index contributed by atoms with van der Waals surface area (Å²) in [5, 5.41) is 0. The topological polar surface area (TPSA) is 45.4 Å². The molecule has 1 aromatic rings. The summed E-state index contributed by atoms with van der Waals surface area (Å²) in [5.41, 5.74) is 5.09. The van der Waals surface area contributed by atoms with Gasteiger partial charge >= 0.3 is 6.18 Å². The van der Waals surface area contributed by atoms with E-state index >= 15 is 0 Å². The third kappa shape index (κ3) is 3.82. The second kappa shape index (κ2) is 6.15. The first-order valence-corrected chi connectivity index (χ1v) is 7.01. The summed E-state index contributed by atoms with van der Waals surface area (Å²) in [6.07, 6.45) is -3.63. The third-order valence-electron chi connectivity index (χ3n) is 3.45. The van der Waals surface area contributed by atoms with Crippen molar-refractivity contribution in [3.63, 3.8) is 0 Å². The number of hydrogen-bond donors (Lipinski definition) is 1. The standard InChI is InChI=1S/C13H17F3N4S/c1-19-5-2-6-20(8-7-19)12-9(11(17)21)3-4-10(18-12)13(14,15)16/h3-4H,2,5-8H2,1H3,(H2,17,21). The van der Waals surface area contributed by atoms with Gasteiger partial charge in [-0.25, -0.2) is 4.98 Å². The third-order valence-corrected chi connectivity index (χ3v) is 3.67. The molecule has 1 fully saturated rings. The Kier molecular flexibility index (Phi) is 4.67. The number of hydrogen-bond acceptors (Lipinski definition) is 4. The SMILES string of the molecule is CN1CCCN(c2nc(C(F)(F)F)ccc2C(N)=S)CC1. The zero-order chi connectivity index (χ0) is 15.6. The quantitative estimate of drug-likeness (QED) is 0.844. The molecule has 1 aliphatic rings. The van der Waals surface area contributed by atoms with Gasteiger partial charge in [-0.2, -0.15) is 13.2 Å². The van der Waals surface area contributed by atoms with Gasteiger partial charge in [0.1, 0.15) is 16.5 Å². The number of thiocarbonyl (C=S) groups is 1. The van der Waals surface area contributed by atoms with Crippen molar-refractivity contribution in [2.24, 2.45) is 5.73 Å². The minimum absolute atomic E-state index is 0.0591. The van der Waals surface area contributed by atoms with Crippen LogP contribution in [0.1, 0.15) is 17.7 Å². The molecule has 0 saturated carbocycles. The Morgan fingerprint density at radius 2 is 1.95 bits per heavy atom. The zero-order valence-corrected chi connectivity index (χ0v) is 12.5. The van der Waals surface area contributed by atoms with Crippen LogP contribution >= 0.6 is 12.2 Å². The van der Waals surface area contributed by atoms with Gasteiger partial charge < -0.3 is 15.5 Å². The molecular formula is C13H17F3N4S. The highest BCUT2D eigenvalue weighted by molar-refractivity contribution is 7.80.